The molecular formula is C11H11N3O4. The van der Waals surface area contributed by atoms with E-state index in [1.165, 1.54) is 7.05 Å². The molecule has 2 rings (SSSR count). The van der Waals surface area contributed by atoms with E-state index in [4.69, 9.17) is 5.11 Å². The number of carboxylic acids is 1. The van der Waals surface area contributed by atoms with Crippen molar-refractivity contribution in [1.29, 1.82) is 0 Å². The molecular weight excluding hydrogens is 238 g/mol. The number of aryl methyl sites for hydroxylation is 1. The van der Waals surface area contributed by atoms with E-state index in [0.29, 0.717) is 11.2 Å². The Labute approximate surface area is 101 Å². The maximum atomic E-state index is 12.0. The van der Waals surface area contributed by atoms with Gasteiger partial charge < -0.3 is 10.1 Å². The van der Waals surface area contributed by atoms with Gasteiger partial charge in [-0.05, 0) is 13.0 Å². The molecule has 7 heteroatoms. The van der Waals surface area contributed by atoms with Crippen LogP contribution in [0.4, 0.5) is 0 Å². The summed E-state index contributed by atoms with van der Waals surface area (Å²) >= 11 is 0. The first-order valence-corrected chi connectivity index (χ1v) is 5.21. The van der Waals surface area contributed by atoms with E-state index >= 15 is 0 Å². The zero-order valence-corrected chi connectivity index (χ0v) is 9.85. The number of H-pyrrole nitrogens is 1. The van der Waals surface area contributed by atoms with E-state index in [0.717, 1.165) is 4.57 Å². The molecule has 0 saturated heterocycles. The van der Waals surface area contributed by atoms with Crippen LogP contribution in [0.2, 0.25) is 0 Å². The largest absolute Gasteiger partial charge is 0.481 e. The predicted molar refractivity (Wildman–Crippen MR) is 63.7 cm³/mol. The number of pyridine rings is 1. The van der Waals surface area contributed by atoms with Gasteiger partial charge >= 0.3 is 11.7 Å². The summed E-state index contributed by atoms with van der Waals surface area (Å²) in [4.78, 5) is 40.8. The van der Waals surface area contributed by atoms with Crippen LogP contribution < -0.4 is 11.2 Å². The smallest absolute Gasteiger partial charge is 0.328 e. The number of nitrogens with one attached hydrogen (secondary N) is 1. The summed E-state index contributed by atoms with van der Waals surface area (Å²) < 4.78 is 0.894. The van der Waals surface area contributed by atoms with Gasteiger partial charge in [0.2, 0.25) is 0 Å². The lowest BCUT2D eigenvalue weighted by atomic mass is 10.1. The van der Waals surface area contributed by atoms with E-state index < -0.39 is 17.2 Å². The second-order valence-electron chi connectivity index (χ2n) is 4.00. The molecule has 2 heterocycles. The third-order valence-corrected chi connectivity index (χ3v) is 2.61. The summed E-state index contributed by atoms with van der Waals surface area (Å²) in [5.41, 5.74) is -0.0688. The first-order chi connectivity index (χ1) is 8.40. The van der Waals surface area contributed by atoms with Crippen molar-refractivity contribution in [1.82, 2.24) is 14.5 Å². The van der Waals surface area contributed by atoms with Crippen LogP contribution in [-0.2, 0) is 18.3 Å². The Hall–Kier alpha value is -2.44. The molecule has 94 valence electrons. The van der Waals surface area contributed by atoms with Gasteiger partial charge in [-0.3, -0.25) is 19.1 Å². The van der Waals surface area contributed by atoms with Gasteiger partial charge in [-0.15, -0.1) is 0 Å². The van der Waals surface area contributed by atoms with Gasteiger partial charge in [-0.25, -0.2) is 4.79 Å². The molecule has 0 aliphatic carbocycles. The first-order valence-electron chi connectivity index (χ1n) is 5.21. The molecule has 0 spiro atoms. The summed E-state index contributed by atoms with van der Waals surface area (Å²) in [6, 6.07) is 1.55. The number of aromatic amines is 1. The molecule has 18 heavy (non-hydrogen) atoms. The topological polar surface area (TPSA) is 105 Å². The fourth-order valence-electron chi connectivity index (χ4n) is 1.80. The minimum atomic E-state index is -1.08. The lowest BCUT2D eigenvalue weighted by Crippen LogP contribution is -2.33. The van der Waals surface area contributed by atoms with Crippen molar-refractivity contribution in [2.45, 2.75) is 13.3 Å². The zero-order chi connectivity index (χ0) is 13.4. The second-order valence-corrected chi connectivity index (χ2v) is 4.00. The van der Waals surface area contributed by atoms with Gasteiger partial charge in [0.15, 0.2) is 0 Å². The summed E-state index contributed by atoms with van der Waals surface area (Å²) in [6.07, 6.45) is -0.362. The molecule has 2 N–H and O–H groups in total. The average Bonchev–Trinajstić information content (AvgIpc) is 2.24. The monoisotopic (exact) mass is 249 g/mol. The highest BCUT2D eigenvalue weighted by Gasteiger charge is 2.14. The van der Waals surface area contributed by atoms with Crippen molar-refractivity contribution >= 4 is 16.9 Å². The van der Waals surface area contributed by atoms with Crippen LogP contribution in [0.15, 0.2) is 15.7 Å². The van der Waals surface area contributed by atoms with Gasteiger partial charge in [0.05, 0.1) is 23.0 Å². The zero-order valence-electron chi connectivity index (χ0n) is 9.85. The van der Waals surface area contributed by atoms with Gasteiger partial charge in [0.1, 0.15) is 0 Å². The summed E-state index contributed by atoms with van der Waals surface area (Å²) in [5.74, 6) is -1.08. The fraction of sp³-hybridized carbons (Fsp3) is 0.273. The standard InChI is InChI=1S/C11H11N3O4/c1-5-3-6-9(7(12-5)4-8(15)16)10(17)14(2)11(18)13-6/h3H,4H2,1-2H3,(H,13,18)(H,15,16). The number of hydrogen-bond donors (Lipinski definition) is 2. The van der Waals surface area contributed by atoms with Crippen molar-refractivity contribution in [3.8, 4) is 0 Å². The van der Waals surface area contributed by atoms with Crippen LogP contribution in [0, 0.1) is 6.92 Å². The second kappa shape index (κ2) is 4.10. The number of carbonyl (C=O) groups is 1. The third-order valence-electron chi connectivity index (χ3n) is 2.61. The maximum absolute atomic E-state index is 12.0. The van der Waals surface area contributed by atoms with E-state index in [1.807, 2.05) is 0 Å². The minimum Gasteiger partial charge on any atom is -0.481 e. The van der Waals surface area contributed by atoms with Gasteiger partial charge in [0.25, 0.3) is 5.56 Å². The molecule has 0 amide bonds. The Balaban J connectivity index is 2.94. The molecule has 0 bridgehead atoms. The SMILES string of the molecule is Cc1cc2[nH]c(=O)n(C)c(=O)c2c(CC(=O)O)n1. The number of nitrogens with zero attached hydrogens (tertiary/aromatic N) is 2. The Morgan fingerprint density at radius 3 is 2.78 bits per heavy atom. The number of fused-ring (bicyclic) bond motifs is 1. The van der Waals surface area contributed by atoms with Gasteiger partial charge in [0, 0.05) is 12.7 Å². The maximum Gasteiger partial charge on any atom is 0.328 e. The predicted octanol–water partition coefficient (Wildman–Crippen LogP) is -0.443. The molecule has 7 nitrogen and oxygen atoms in total. The molecule has 2 aromatic rings. The minimum absolute atomic E-state index is 0.144. The molecule has 2 aromatic heterocycles. The number of aromatic nitrogens is 3. The molecule has 0 atom stereocenters. The summed E-state index contributed by atoms with van der Waals surface area (Å²) in [6.45, 7) is 1.67. The van der Waals surface area contributed by atoms with Crippen LogP contribution >= 0.6 is 0 Å². The quantitative estimate of drug-likeness (QED) is 0.750. The number of carboxylic acid groups (broad SMARTS) is 1. The van der Waals surface area contributed by atoms with Crippen LogP contribution in [0.3, 0.4) is 0 Å². The molecule has 0 radical (unpaired) electrons. The average molecular weight is 249 g/mol. The number of rotatable bonds is 2. The molecule has 0 saturated carbocycles. The highest BCUT2D eigenvalue weighted by molar-refractivity contribution is 5.84. The van der Waals surface area contributed by atoms with Gasteiger partial charge in [-0.2, -0.15) is 0 Å². The molecule has 0 aliphatic rings. The van der Waals surface area contributed by atoms with E-state index in [-0.39, 0.29) is 17.5 Å². The fourth-order valence-corrected chi connectivity index (χ4v) is 1.80. The Bertz CT molecular complexity index is 757. The van der Waals surface area contributed by atoms with Crippen LogP contribution in [0.25, 0.3) is 10.9 Å². The van der Waals surface area contributed by atoms with E-state index in [1.54, 1.807) is 13.0 Å². The molecule has 0 fully saturated rings. The van der Waals surface area contributed by atoms with E-state index in [2.05, 4.69) is 9.97 Å². The Morgan fingerprint density at radius 2 is 2.17 bits per heavy atom. The number of aliphatic carboxylic acids is 1. The van der Waals surface area contributed by atoms with Crippen LogP contribution in [0.1, 0.15) is 11.4 Å². The van der Waals surface area contributed by atoms with Crippen molar-refractivity contribution in [2.24, 2.45) is 7.05 Å². The van der Waals surface area contributed by atoms with E-state index in [9.17, 15) is 14.4 Å². The summed E-state index contributed by atoms with van der Waals surface area (Å²) in [7, 11) is 1.32. The van der Waals surface area contributed by atoms with Crippen LogP contribution in [-0.4, -0.2) is 25.6 Å². The van der Waals surface area contributed by atoms with Crippen molar-refractivity contribution in [2.75, 3.05) is 0 Å². The highest BCUT2D eigenvalue weighted by Crippen LogP contribution is 2.12. The third kappa shape index (κ3) is 1.90. The number of hydrogen-bond acceptors (Lipinski definition) is 4. The van der Waals surface area contributed by atoms with Crippen LogP contribution in [0.5, 0.6) is 0 Å². The molecule has 0 unspecified atom stereocenters. The first kappa shape index (κ1) is 12.0. The summed E-state index contributed by atoms with van der Waals surface area (Å²) in [5, 5.41) is 8.95. The Kier molecular flexibility index (Phi) is 2.74. The Morgan fingerprint density at radius 1 is 1.50 bits per heavy atom. The lowest BCUT2D eigenvalue weighted by molar-refractivity contribution is -0.136. The van der Waals surface area contributed by atoms with Crippen molar-refractivity contribution in [3.05, 3.63) is 38.3 Å². The lowest BCUT2D eigenvalue weighted by Gasteiger charge is -2.06. The highest BCUT2D eigenvalue weighted by atomic mass is 16.4. The molecule has 0 aromatic carbocycles. The normalized spacial score (nSPS) is 10.8. The molecule has 0 aliphatic heterocycles. The van der Waals surface area contributed by atoms with Gasteiger partial charge in [-0.1, -0.05) is 0 Å². The van der Waals surface area contributed by atoms with Crippen molar-refractivity contribution in [3.63, 3.8) is 0 Å². The van der Waals surface area contributed by atoms with Crippen molar-refractivity contribution < 1.29 is 9.90 Å².